The predicted octanol–water partition coefficient (Wildman–Crippen LogP) is 5.73. The first-order valence-corrected chi connectivity index (χ1v) is 10.4. The lowest BCUT2D eigenvalue weighted by Crippen LogP contribution is -2.10. The van der Waals surface area contributed by atoms with Gasteiger partial charge in [-0.3, -0.25) is 4.79 Å². The lowest BCUT2D eigenvalue weighted by molar-refractivity contribution is -0.156. The highest BCUT2D eigenvalue weighted by atomic mass is 16.6. The molecule has 5 nitrogen and oxygen atoms in total. The van der Waals surface area contributed by atoms with E-state index in [1.165, 1.54) is 44.9 Å². The molecule has 0 aromatic carbocycles. The van der Waals surface area contributed by atoms with Gasteiger partial charge in [-0.15, -0.1) is 0 Å². The van der Waals surface area contributed by atoms with Gasteiger partial charge in [-0.1, -0.05) is 70.4 Å². The highest BCUT2D eigenvalue weighted by Gasteiger charge is 2.07. The first-order valence-electron chi connectivity index (χ1n) is 10.4. The molecule has 0 fully saturated rings. The minimum Gasteiger partial charge on any atom is -0.478 e. The van der Waals surface area contributed by atoms with Gasteiger partial charge >= 0.3 is 17.9 Å². The summed E-state index contributed by atoms with van der Waals surface area (Å²) in [6, 6.07) is 0. The summed E-state index contributed by atoms with van der Waals surface area (Å²) in [6.45, 7) is 2.24. The number of carboxylic acids is 1. The van der Waals surface area contributed by atoms with Gasteiger partial charge in [0.1, 0.15) is 0 Å². The van der Waals surface area contributed by atoms with Crippen LogP contribution in [0.1, 0.15) is 96.8 Å². The average molecular weight is 381 g/mol. The number of ether oxygens (including phenoxy) is 1. The summed E-state index contributed by atoms with van der Waals surface area (Å²) < 4.78 is 4.48. The molecule has 0 aromatic rings. The van der Waals surface area contributed by atoms with E-state index in [4.69, 9.17) is 5.11 Å². The van der Waals surface area contributed by atoms with Crippen LogP contribution in [0.15, 0.2) is 24.3 Å². The van der Waals surface area contributed by atoms with Crippen molar-refractivity contribution in [1.29, 1.82) is 0 Å². The van der Waals surface area contributed by atoms with E-state index in [1.807, 2.05) is 0 Å². The molecule has 0 radical (unpaired) electrons. The Kier molecular flexibility index (Phi) is 17.5. The molecular formula is C22H36O5. The zero-order valence-corrected chi connectivity index (χ0v) is 16.8. The van der Waals surface area contributed by atoms with Crippen molar-refractivity contribution >= 4 is 17.9 Å². The lowest BCUT2D eigenvalue weighted by atomic mass is 10.1. The quantitative estimate of drug-likeness (QED) is 0.114. The molecule has 0 rings (SSSR count). The molecule has 0 saturated heterocycles. The molecule has 0 heterocycles. The summed E-state index contributed by atoms with van der Waals surface area (Å²) in [7, 11) is 0. The summed E-state index contributed by atoms with van der Waals surface area (Å²) in [6.07, 6.45) is 21.5. The zero-order valence-electron chi connectivity index (χ0n) is 16.8. The van der Waals surface area contributed by atoms with Crippen molar-refractivity contribution in [2.24, 2.45) is 0 Å². The van der Waals surface area contributed by atoms with E-state index in [9.17, 15) is 14.4 Å². The predicted molar refractivity (Wildman–Crippen MR) is 107 cm³/mol. The van der Waals surface area contributed by atoms with Gasteiger partial charge in [0.25, 0.3) is 0 Å². The second-order valence-electron chi connectivity index (χ2n) is 6.80. The smallest absolute Gasteiger partial charge is 0.338 e. The van der Waals surface area contributed by atoms with Crippen LogP contribution in [0.5, 0.6) is 0 Å². The molecule has 0 aliphatic carbocycles. The monoisotopic (exact) mass is 380 g/mol. The molecule has 27 heavy (non-hydrogen) atoms. The van der Waals surface area contributed by atoms with Crippen molar-refractivity contribution in [2.75, 3.05) is 0 Å². The SMILES string of the molecule is CCCCCCCCC=CCCCCCCCC(=O)OC(=O)C=CC(=O)O. The highest BCUT2D eigenvalue weighted by Crippen LogP contribution is 2.10. The van der Waals surface area contributed by atoms with Gasteiger partial charge in [0.15, 0.2) is 0 Å². The maximum absolute atomic E-state index is 11.4. The number of esters is 2. The van der Waals surface area contributed by atoms with E-state index < -0.39 is 17.9 Å². The summed E-state index contributed by atoms with van der Waals surface area (Å²) in [5, 5.41) is 8.36. The van der Waals surface area contributed by atoms with Crippen LogP contribution in [0.4, 0.5) is 0 Å². The van der Waals surface area contributed by atoms with E-state index in [1.54, 1.807) is 0 Å². The van der Waals surface area contributed by atoms with E-state index in [-0.39, 0.29) is 6.42 Å². The Hall–Kier alpha value is -1.91. The van der Waals surface area contributed by atoms with E-state index >= 15 is 0 Å². The fraction of sp³-hybridized carbons (Fsp3) is 0.682. The number of hydrogen-bond acceptors (Lipinski definition) is 4. The number of carbonyl (C=O) groups excluding carboxylic acids is 2. The van der Waals surface area contributed by atoms with Crippen LogP contribution in [0.2, 0.25) is 0 Å². The van der Waals surface area contributed by atoms with Gasteiger partial charge in [-0.05, 0) is 32.1 Å². The van der Waals surface area contributed by atoms with Gasteiger partial charge < -0.3 is 9.84 Å². The first kappa shape index (κ1) is 25.1. The molecule has 154 valence electrons. The van der Waals surface area contributed by atoms with Crippen molar-refractivity contribution in [2.45, 2.75) is 96.8 Å². The van der Waals surface area contributed by atoms with E-state index in [0.29, 0.717) is 12.5 Å². The Morgan fingerprint density at radius 3 is 1.81 bits per heavy atom. The molecule has 0 bridgehead atoms. The van der Waals surface area contributed by atoms with Gasteiger partial charge in [0, 0.05) is 18.6 Å². The molecule has 0 aliphatic rings. The average Bonchev–Trinajstić information content (AvgIpc) is 2.63. The Morgan fingerprint density at radius 1 is 0.741 bits per heavy atom. The number of aliphatic carboxylic acids is 1. The van der Waals surface area contributed by atoms with Crippen LogP contribution in [0.25, 0.3) is 0 Å². The molecule has 0 aliphatic heterocycles. The van der Waals surface area contributed by atoms with Gasteiger partial charge in [-0.2, -0.15) is 0 Å². The summed E-state index contributed by atoms with van der Waals surface area (Å²) in [4.78, 5) is 32.8. The third kappa shape index (κ3) is 20.3. The minimum atomic E-state index is -1.25. The van der Waals surface area contributed by atoms with Crippen LogP contribution in [0.3, 0.4) is 0 Å². The van der Waals surface area contributed by atoms with Crippen LogP contribution in [-0.4, -0.2) is 23.0 Å². The summed E-state index contributed by atoms with van der Waals surface area (Å²) in [5.41, 5.74) is 0. The molecule has 0 spiro atoms. The van der Waals surface area contributed by atoms with Crippen LogP contribution in [-0.2, 0) is 19.1 Å². The molecule has 5 heteroatoms. The maximum Gasteiger partial charge on any atom is 0.338 e. The number of rotatable bonds is 17. The number of allylic oxidation sites excluding steroid dienone is 2. The lowest BCUT2D eigenvalue weighted by Gasteiger charge is -2.01. The zero-order chi connectivity index (χ0) is 20.2. The van der Waals surface area contributed by atoms with Crippen LogP contribution < -0.4 is 0 Å². The normalized spacial score (nSPS) is 11.3. The molecule has 0 saturated carbocycles. The largest absolute Gasteiger partial charge is 0.478 e. The third-order valence-corrected chi connectivity index (χ3v) is 4.22. The topological polar surface area (TPSA) is 80.7 Å². The highest BCUT2D eigenvalue weighted by molar-refractivity contribution is 5.95. The Balaban J connectivity index is 3.39. The minimum absolute atomic E-state index is 0.185. The van der Waals surface area contributed by atoms with Crippen molar-refractivity contribution in [1.82, 2.24) is 0 Å². The second-order valence-corrected chi connectivity index (χ2v) is 6.80. The second kappa shape index (κ2) is 18.9. The molecular weight excluding hydrogens is 344 g/mol. The van der Waals surface area contributed by atoms with Crippen molar-refractivity contribution in [3.05, 3.63) is 24.3 Å². The standard InChI is InChI=1S/C22H36O5/c1-2-3-4-5-6-7-8-9-10-11-12-13-14-15-16-17-21(25)27-22(26)19-18-20(23)24/h9-10,18-19H,2-8,11-17H2,1H3,(H,23,24). The maximum atomic E-state index is 11.4. The summed E-state index contributed by atoms with van der Waals surface area (Å²) in [5.74, 6) is -2.79. The van der Waals surface area contributed by atoms with E-state index in [0.717, 1.165) is 38.2 Å². The van der Waals surface area contributed by atoms with Crippen LogP contribution >= 0.6 is 0 Å². The number of carbonyl (C=O) groups is 3. The van der Waals surface area contributed by atoms with Crippen molar-refractivity contribution < 1.29 is 24.2 Å². The number of hydrogen-bond donors (Lipinski definition) is 1. The molecule has 0 unspecified atom stereocenters. The van der Waals surface area contributed by atoms with Crippen LogP contribution in [0, 0.1) is 0 Å². The molecule has 1 N–H and O–H groups in total. The first-order chi connectivity index (χ1) is 13.1. The number of carboxylic acid groups (broad SMARTS) is 1. The van der Waals surface area contributed by atoms with Crippen molar-refractivity contribution in [3.63, 3.8) is 0 Å². The summed E-state index contributed by atoms with van der Waals surface area (Å²) >= 11 is 0. The van der Waals surface area contributed by atoms with Crippen molar-refractivity contribution in [3.8, 4) is 0 Å². The Labute approximate surface area is 163 Å². The van der Waals surface area contributed by atoms with Gasteiger partial charge in [0.05, 0.1) is 0 Å². The molecule has 0 aromatic heterocycles. The Bertz CT molecular complexity index is 465. The number of unbranched alkanes of at least 4 members (excludes halogenated alkanes) is 11. The fourth-order valence-electron chi connectivity index (χ4n) is 2.68. The molecule has 0 amide bonds. The third-order valence-electron chi connectivity index (χ3n) is 4.22. The van der Waals surface area contributed by atoms with E-state index in [2.05, 4.69) is 23.8 Å². The fourth-order valence-corrected chi connectivity index (χ4v) is 2.68. The van der Waals surface area contributed by atoms with Gasteiger partial charge in [0.2, 0.25) is 0 Å². The molecule has 0 atom stereocenters. The Morgan fingerprint density at radius 2 is 1.26 bits per heavy atom. The van der Waals surface area contributed by atoms with Gasteiger partial charge in [-0.25, -0.2) is 9.59 Å².